The lowest BCUT2D eigenvalue weighted by Gasteiger charge is -2.22. The van der Waals surface area contributed by atoms with Gasteiger partial charge in [-0.2, -0.15) is 0 Å². The zero-order valence-corrected chi connectivity index (χ0v) is 18.7. The molecule has 0 spiro atoms. The van der Waals surface area contributed by atoms with Crippen LogP contribution in [0.2, 0.25) is 0 Å². The first-order valence-corrected chi connectivity index (χ1v) is 11.2. The number of carbonyl (C=O) groups excluding carboxylic acids is 1. The fraction of sp³-hybridized carbons (Fsp3) is 0.333. The molecule has 0 bridgehead atoms. The molecule has 1 saturated heterocycles. The van der Waals surface area contributed by atoms with Gasteiger partial charge in [0.1, 0.15) is 11.6 Å². The number of hydrogen-bond donors (Lipinski definition) is 3. The lowest BCUT2D eigenvalue weighted by atomic mass is 10.1. The summed E-state index contributed by atoms with van der Waals surface area (Å²) in [5.74, 6) is 1.22. The van der Waals surface area contributed by atoms with Crippen molar-refractivity contribution in [2.45, 2.75) is 32.2 Å². The third-order valence-electron chi connectivity index (χ3n) is 5.62. The highest BCUT2D eigenvalue weighted by molar-refractivity contribution is 6.13. The monoisotopic (exact) mass is 444 g/mol. The molecule has 170 valence electrons. The van der Waals surface area contributed by atoms with Crippen LogP contribution >= 0.6 is 0 Å². The largest absolute Gasteiger partial charge is 0.373 e. The molecule has 0 atom stereocenters. The van der Waals surface area contributed by atoms with Crippen LogP contribution in [0.25, 0.3) is 0 Å². The summed E-state index contributed by atoms with van der Waals surface area (Å²) in [7, 11) is 1.80. The average Bonchev–Trinajstić information content (AvgIpc) is 3.17. The first-order valence-electron chi connectivity index (χ1n) is 11.2. The van der Waals surface area contributed by atoms with Crippen molar-refractivity contribution in [2.24, 2.45) is 0 Å². The molecule has 0 aliphatic carbocycles. The maximum absolute atomic E-state index is 12.3. The zero-order valence-electron chi connectivity index (χ0n) is 18.7. The van der Waals surface area contributed by atoms with Crippen molar-refractivity contribution >= 4 is 23.3 Å². The highest BCUT2D eigenvalue weighted by atomic mass is 16.2. The summed E-state index contributed by atoms with van der Waals surface area (Å²) in [4.78, 5) is 31.9. The maximum atomic E-state index is 12.3. The van der Waals surface area contributed by atoms with Gasteiger partial charge in [-0.25, -0.2) is 15.0 Å². The van der Waals surface area contributed by atoms with Gasteiger partial charge < -0.3 is 15.5 Å². The van der Waals surface area contributed by atoms with E-state index < -0.39 is 5.91 Å². The van der Waals surface area contributed by atoms with Gasteiger partial charge in [-0.1, -0.05) is 18.9 Å². The van der Waals surface area contributed by atoms with Crippen molar-refractivity contribution in [3.8, 4) is 0 Å². The maximum Gasteiger partial charge on any atom is 0.289 e. The summed E-state index contributed by atoms with van der Waals surface area (Å²) in [6.07, 6.45) is 9.53. The third-order valence-corrected chi connectivity index (χ3v) is 5.62. The van der Waals surface area contributed by atoms with Gasteiger partial charge in [0.2, 0.25) is 5.82 Å². The van der Waals surface area contributed by atoms with Crippen molar-refractivity contribution in [1.82, 2.24) is 25.3 Å². The molecule has 33 heavy (non-hydrogen) atoms. The topological polar surface area (TPSA) is 120 Å². The Balaban J connectivity index is 1.45. The minimum absolute atomic E-state index is 0.0472. The normalized spacial score (nSPS) is 13.8. The number of carbonyl (C=O) groups is 1. The van der Waals surface area contributed by atoms with Gasteiger partial charge in [0.05, 0.1) is 18.0 Å². The minimum Gasteiger partial charge on any atom is -0.373 e. The molecule has 0 unspecified atom stereocenters. The predicted octanol–water partition coefficient (Wildman–Crippen LogP) is 3.03. The van der Waals surface area contributed by atoms with Gasteiger partial charge in [0.25, 0.3) is 5.91 Å². The van der Waals surface area contributed by atoms with Crippen molar-refractivity contribution < 1.29 is 4.79 Å². The Hall–Kier alpha value is -3.88. The Kier molecular flexibility index (Phi) is 7.19. The third kappa shape index (κ3) is 5.49. The minimum atomic E-state index is -0.391. The summed E-state index contributed by atoms with van der Waals surface area (Å²) in [6, 6.07) is 9.39. The molecular weight excluding hydrogens is 416 g/mol. The summed E-state index contributed by atoms with van der Waals surface area (Å²) in [5, 5.41) is 14.5. The fourth-order valence-corrected chi connectivity index (χ4v) is 3.80. The van der Waals surface area contributed by atoms with E-state index in [-0.39, 0.29) is 11.5 Å². The average molecular weight is 445 g/mol. The van der Waals surface area contributed by atoms with E-state index in [0.29, 0.717) is 23.5 Å². The Morgan fingerprint density at radius 2 is 1.79 bits per heavy atom. The molecule has 3 aromatic heterocycles. The Labute approximate surface area is 193 Å². The van der Waals surface area contributed by atoms with Gasteiger partial charge in [-0.05, 0) is 37.1 Å². The molecule has 4 rings (SSSR count). The molecule has 0 radical (unpaired) electrons. The van der Waals surface area contributed by atoms with E-state index in [1.54, 1.807) is 13.2 Å². The van der Waals surface area contributed by atoms with Crippen LogP contribution in [-0.4, -0.2) is 51.7 Å². The number of pyridine rings is 2. The number of amides is 1. The van der Waals surface area contributed by atoms with Crippen LogP contribution in [0.4, 0.5) is 11.6 Å². The molecule has 3 N–H and O–H groups in total. The number of aromatic nitrogens is 4. The second-order valence-electron chi connectivity index (χ2n) is 7.89. The number of nitrogens with one attached hydrogen (secondary N) is 3. The number of anilines is 2. The smallest absolute Gasteiger partial charge is 0.289 e. The van der Waals surface area contributed by atoms with Crippen molar-refractivity contribution in [1.29, 1.82) is 5.41 Å². The summed E-state index contributed by atoms with van der Waals surface area (Å²) in [6.45, 7) is 2.30. The van der Waals surface area contributed by atoms with Crippen molar-refractivity contribution in [2.75, 3.05) is 30.4 Å². The van der Waals surface area contributed by atoms with Gasteiger partial charge in [0.15, 0.2) is 0 Å². The Bertz CT molecular complexity index is 1090. The molecule has 1 aliphatic heterocycles. The zero-order chi connectivity index (χ0) is 23.0. The van der Waals surface area contributed by atoms with E-state index in [2.05, 4.69) is 30.5 Å². The highest BCUT2D eigenvalue weighted by Gasteiger charge is 2.17. The van der Waals surface area contributed by atoms with Crippen LogP contribution in [0.15, 0.2) is 48.9 Å². The van der Waals surface area contributed by atoms with Crippen LogP contribution in [-0.2, 0) is 6.54 Å². The number of nitrogens with zero attached hydrogens (tertiary/aromatic N) is 5. The SMILES string of the molecule is CNc1nc(N2CCCCCC2)ccc1C(=N)c1cnc(C(=O)NCc2ccccn2)nc1. The van der Waals surface area contributed by atoms with E-state index in [9.17, 15) is 4.79 Å². The summed E-state index contributed by atoms with van der Waals surface area (Å²) in [5.41, 5.74) is 2.17. The molecule has 1 aliphatic rings. The van der Waals surface area contributed by atoms with E-state index in [4.69, 9.17) is 10.4 Å². The van der Waals surface area contributed by atoms with Crippen LogP contribution < -0.4 is 15.5 Å². The second-order valence-corrected chi connectivity index (χ2v) is 7.89. The predicted molar refractivity (Wildman–Crippen MR) is 128 cm³/mol. The molecule has 3 aromatic rings. The van der Waals surface area contributed by atoms with E-state index in [0.717, 1.165) is 24.6 Å². The molecule has 0 saturated carbocycles. The van der Waals surface area contributed by atoms with E-state index >= 15 is 0 Å². The summed E-state index contributed by atoms with van der Waals surface area (Å²) >= 11 is 0. The first kappa shape index (κ1) is 22.3. The van der Waals surface area contributed by atoms with Crippen LogP contribution in [0.1, 0.15) is 53.1 Å². The lowest BCUT2D eigenvalue weighted by Crippen LogP contribution is -2.26. The van der Waals surface area contributed by atoms with E-state index in [1.165, 1.54) is 38.1 Å². The molecule has 1 fully saturated rings. The molecule has 9 nitrogen and oxygen atoms in total. The Morgan fingerprint density at radius 1 is 1.03 bits per heavy atom. The van der Waals surface area contributed by atoms with Gasteiger partial charge in [0, 0.05) is 49.9 Å². The fourth-order valence-electron chi connectivity index (χ4n) is 3.80. The van der Waals surface area contributed by atoms with E-state index in [1.807, 2.05) is 30.3 Å². The van der Waals surface area contributed by atoms with Gasteiger partial charge in [-0.15, -0.1) is 0 Å². The summed E-state index contributed by atoms with van der Waals surface area (Å²) < 4.78 is 0. The second kappa shape index (κ2) is 10.6. The Morgan fingerprint density at radius 3 is 2.45 bits per heavy atom. The van der Waals surface area contributed by atoms with Crippen LogP contribution in [0.3, 0.4) is 0 Å². The molecule has 1 amide bonds. The van der Waals surface area contributed by atoms with Crippen LogP contribution in [0, 0.1) is 5.41 Å². The quantitative estimate of drug-likeness (QED) is 0.479. The number of hydrogen-bond acceptors (Lipinski definition) is 8. The number of rotatable bonds is 7. The standard InChI is InChI=1S/C24H28N8O/c1-26-22-19(9-10-20(31-22)32-12-6-2-3-7-13-32)21(25)17-14-28-23(29-15-17)24(33)30-16-18-8-4-5-11-27-18/h4-5,8-11,14-15,25H,2-3,6-7,12-13,16H2,1H3,(H,26,31)(H,30,33). The van der Waals surface area contributed by atoms with Gasteiger partial charge in [-0.3, -0.25) is 15.2 Å². The first-order chi connectivity index (χ1) is 16.2. The van der Waals surface area contributed by atoms with Crippen molar-refractivity contribution in [3.63, 3.8) is 0 Å². The molecule has 9 heteroatoms. The molecular formula is C24H28N8O. The molecule has 4 heterocycles. The van der Waals surface area contributed by atoms with Gasteiger partial charge >= 0.3 is 0 Å². The highest BCUT2D eigenvalue weighted by Crippen LogP contribution is 2.23. The lowest BCUT2D eigenvalue weighted by molar-refractivity contribution is 0.0940. The molecule has 0 aromatic carbocycles. The van der Waals surface area contributed by atoms with Crippen molar-refractivity contribution in [3.05, 3.63) is 71.6 Å². The van der Waals surface area contributed by atoms with Crippen LogP contribution in [0.5, 0.6) is 0 Å².